The molecule has 1 aromatic carbocycles. The van der Waals surface area contributed by atoms with Crippen LogP contribution in [0.2, 0.25) is 0 Å². The minimum atomic E-state index is 0.642. The minimum absolute atomic E-state index is 0.642. The lowest BCUT2D eigenvalue weighted by Gasteiger charge is -2.32. The van der Waals surface area contributed by atoms with E-state index in [1.807, 2.05) is 6.20 Å². The molecule has 2 aromatic rings. The third kappa shape index (κ3) is 1.98. The van der Waals surface area contributed by atoms with Gasteiger partial charge in [-0.2, -0.15) is 0 Å². The molecule has 2 N–H and O–H groups in total. The van der Waals surface area contributed by atoms with Gasteiger partial charge >= 0.3 is 0 Å². The van der Waals surface area contributed by atoms with Crippen LogP contribution in [-0.2, 0) is 6.54 Å². The van der Waals surface area contributed by atoms with Crippen molar-refractivity contribution in [2.45, 2.75) is 57.5 Å². The van der Waals surface area contributed by atoms with Crippen molar-refractivity contribution < 1.29 is 0 Å². The molecule has 1 heterocycles. The molecule has 0 aliphatic heterocycles. The average molecular weight is 268 g/mol. The number of aromatic nitrogens is 1. The summed E-state index contributed by atoms with van der Waals surface area (Å²) in [5, 5.41) is 5.22. The molecule has 20 heavy (non-hydrogen) atoms. The van der Waals surface area contributed by atoms with Crippen LogP contribution < -0.4 is 5.32 Å². The van der Waals surface area contributed by atoms with Gasteiger partial charge in [0.2, 0.25) is 0 Å². The number of para-hydroxylation sites is 1. The predicted molar refractivity (Wildman–Crippen MR) is 83.7 cm³/mol. The Bertz CT molecular complexity index is 587. The number of nitrogens with one attached hydrogen (secondary N) is 2. The zero-order valence-electron chi connectivity index (χ0n) is 12.1. The van der Waals surface area contributed by atoms with Crippen LogP contribution in [0.5, 0.6) is 0 Å². The number of benzene rings is 1. The molecule has 0 radical (unpaired) electrons. The fraction of sp³-hybridized carbons (Fsp3) is 0.556. The highest BCUT2D eigenvalue weighted by atomic mass is 14.9. The van der Waals surface area contributed by atoms with Gasteiger partial charge in [-0.25, -0.2) is 0 Å². The Hall–Kier alpha value is -1.28. The monoisotopic (exact) mass is 268 g/mol. The van der Waals surface area contributed by atoms with Gasteiger partial charge in [-0.3, -0.25) is 0 Å². The minimum Gasteiger partial charge on any atom is -0.361 e. The summed E-state index contributed by atoms with van der Waals surface area (Å²) in [6, 6.07) is 9.51. The summed E-state index contributed by atoms with van der Waals surface area (Å²) >= 11 is 0. The van der Waals surface area contributed by atoms with Crippen LogP contribution in [0.4, 0.5) is 0 Å². The number of aromatic amines is 1. The Labute approximate surface area is 121 Å². The number of rotatable bonds is 3. The van der Waals surface area contributed by atoms with Crippen LogP contribution in [0, 0.1) is 5.41 Å². The summed E-state index contributed by atoms with van der Waals surface area (Å²) in [5.41, 5.74) is 3.36. The molecule has 1 atom stereocenters. The highest BCUT2D eigenvalue weighted by molar-refractivity contribution is 5.82. The number of hydrogen-bond donors (Lipinski definition) is 2. The molecule has 106 valence electrons. The molecular weight excluding hydrogens is 244 g/mol. The molecule has 0 amide bonds. The van der Waals surface area contributed by atoms with Gasteiger partial charge in [-0.1, -0.05) is 37.5 Å². The lowest BCUT2D eigenvalue weighted by atomic mass is 9.81. The van der Waals surface area contributed by atoms with Crippen molar-refractivity contribution in [3.8, 4) is 0 Å². The summed E-state index contributed by atoms with van der Waals surface area (Å²) in [5.74, 6) is 0. The van der Waals surface area contributed by atoms with Crippen molar-refractivity contribution in [1.82, 2.24) is 10.3 Å². The fourth-order valence-corrected chi connectivity index (χ4v) is 4.66. The molecule has 0 saturated heterocycles. The smallest absolute Gasteiger partial charge is 0.0499 e. The van der Waals surface area contributed by atoms with E-state index in [9.17, 15) is 0 Å². The molecule has 4 rings (SSSR count). The lowest BCUT2D eigenvalue weighted by molar-refractivity contribution is 0.231. The molecule has 2 heteroatoms. The highest BCUT2D eigenvalue weighted by Gasteiger charge is 2.44. The van der Waals surface area contributed by atoms with Crippen LogP contribution in [-0.4, -0.2) is 11.0 Å². The zero-order chi connectivity index (χ0) is 13.4. The van der Waals surface area contributed by atoms with Crippen LogP contribution >= 0.6 is 0 Å². The Morgan fingerprint density at radius 2 is 1.95 bits per heavy atom. The maximum Gasteiger partial charge on any atom is 0.0499 e. The third-order valence-electron chi connectivity index (χ3n) is 5.72. The number of H-pyrrole nitrogens is 1. The lowest BCUT2D eigenvalue weighted by Crippen LogP contribution is -2.39. The van der Waals surface area contributed by atoms with Gasteiger partial charge in [-0.05, 0) is 48.1 Å². The number of hydrogen-bond acceptors (Lipinski definition) is 1. The topological polar surface area (TPSA) is 27.8 Å². The largest absolute Gasteiger partial charge is 0.361 e. The van der Waals surface area contributed by atoms with Crippen molar-refractivity contribution in [1.29, 1.82) is 0 Å². The molecule has 0 bridgehead atoms. The predicted octanol–water partition coefficient (Wildman–Crippen LogP) is 4.37. The van der Waals surface area contributed by atoms with Gasteiger partial charge in [0, 0.05) is 24.3 Å². The van der Waals surface area contributed by atoms with E-state index < -0.39 is 0 Å². The summed E-state index contributed by atoms with van der Waals surface area (Å²) < 4.78 is 0. The van der Waals surface area contributed by atoms with E-state index in [0.29, 0.717) is 5.41 Å². The molecular formula is C18H24N2. The van der Waals surface area contributed by atoms with Crippen LogP contribution in [0.25, 0.3) is 10.9 Å². The van der Waals surface area contributed by atoms with Gasteiger partial charge in [0.25, 0.3) is 0 Å². The Kier molecular flexibility index (Phi) is 3.07. The maximum absolute atomic E-state index is 3.89. The molecule has 2 fully saturated rings. The summed E-state index contributed by atoms with van der Waals surface area (Å²) in [7, 11) is 0. The van der Waals surface area contributed by atoms with Crippen molar-refractivity contribution in [2.24, 2.45) is 5.41 Å². The SMILES string of the molecule is c1cc(CNC2CCCC23CCCC3)c2[nH]ccc2c1. The second-order valence-electron chi connectivity index (χ2n) is 6.75. The van der Waals surface area contributed by atoms with Gasteiger partial charge in [0.15, 0.2) is 0 Å². The molecule has 2 aliphatic carbocycles. The summed E-state index contributed by atoms with van der Waals surface area (Å²) in [4.78, 5) is 3.38. The molecule has 1 spiro atoms. The average Bonchev–Trinajstić information content (AvgIpc) is 3.19. The Morgan fingerprint density at radius 1 is 1.10 bits per heavy atom. The van der Waals surface area contributed by atoms with Crippen molar-refractivity contribution in [2.75, 3.05) is 0 Å². The van der Waals surface area contributed by atoms with E-state index in [1.165, 1.54) is 61.4 Å². The molecule has 2 nitrogen and oxygen atoms in total. The molecule has 1 unspecified atom stereocenters. The van der Waals surface area contributed by atoms with E-state index >= 15 is 0 Å². The second-order valence-corrected chi connectivity index (χ2v) is 6.75. The van der Waals surface area contributed by atoms with Crippen molar-refractivity contribution >= 4 is 10.9 Å². The van der Waals surface area contributed by atoms with E-state index in [1.54, 1.807) is 0 Å². The quantitative estimate of drug-likeness (QED) is 0.850. The first-order valence-corrected chi connectivity index (χ1v) is 8.16. The molecule has 2 saturated carbocycles. The Balaban J connectivity index is 1.51. The van der Waals surface area contributed by atoms with Gasteiger partial charge < -0.3 is 10.3 Å². The first-order valence-electron chi connectivity index (χ1n) is 8.16. The van der Waals surface area contributed by atoms with Crippen LogP contribution in [0.3, 0.4) is 0 Å². The van der Waals surface area contributed by atoms with Gasteiger partial charge in [0.05, 0.1) is 0 Å². The first-order chi connectivity index (χ1) is 9.87. The number of fused-ring (bicyclic) bond motifs is 1. The second kappa shape index (κ2) is 4.92. The summed E-state index contributed by atoms with van der Waals surface area (Å²) in [6.45, 7) is 1.00. The van der Waals surface area contributed by atoms with Crippen molar-refractivity contribution in [3.05, 3.63) is 36.0 Å². The van der Waals surface area contributed by atoms with Crippen LogP contribution in [0.15, 0.2) is 30.5 Å². The zero-order valence-corrected chi connectivity index (χ0v) is 12.1. The van der Waals surface area contributed by atoms with Crippen LogP contribution in [0.1, 0.15) is 50.5 Å². The maximum atomic E-state index is 3.89. The van der Waals surface area contributed by atoms with Gasteiger partial charge in [0.1, 0.15) is 0 Å². The first kappa shape index (κ1) is 12.5. The van der Waals surface area contributed by atoms with E-state index in [4.69, 9.17) is 0 Å². The molecule has 1 aromatic heterocycles. The highest BCUT2D eigenvalue weighted by Crippen LogP contribution is 2.50. The molecule has 2 aliphatic rings. The summed E-state index contributed by atoms with van der Waals surface area (Å²) in [6.07, 6.45) is 12.1. The van der Waals surface area contributed by atoms with E-state index in [0.717, 1.165) is 12.6 Å². The normalized spacial score (nSPS) is 24.9. The Morgan fingerprint density at radius 3 is 2.85 bits per heavy atom. The standard InChI is InChI=1S/C18H24N2/c1-2-10-18(9-1)11-4-7-16(18)20-13-15-6-3-5-14-8-12-19-17(14)15/h3,5-6,8,12,16,19-20H,1-2,4,7,9-11,13H2. The van der Waals surface area contributed by atoms with Gasteiger partial charge in [-0.15, -0.1) is 0 Å². The fourth-order valence-electron chi connectivity index (χ4n) is 4.66. The third-order valence-corrected chi connectivity index (χ3v) is 5.72. The van der Waals surface area contributed by atoms with E-state index in [2.05, 4.69) is 34.6 Å². The van der Waals surface area contributed by atoms with Crippen molar-refractivity contribution in [3.63, 3.8) is 0 Å². The van der Waals surface area contributed by atoms with E-state index in [-0.39, 0.29) is 0 Å².